The molecule has 112 valence electrons. The Bertz CT molecular complexity index is 270. The second-order valence-electron chi connectivity index (χ2n) is 6.09. The van der Waals surface area contributed by atoms with Gasteiger partial charge in [0.25, 0.3) is 0 Å². The van der Waals surface area contributed by atoms with E-state index in [-0.39, 0.29) is 11.4 Å². The van der Waals surface area contributed by atoms with Crippen LogP contribution in [0.25, 0.3) is 0 Å². The lowest BCUT2D eigenvalue weighted by Gasteiger charge is -2.39. The average molecular weight is 271 g/mol. The number of methoxy groups -OCH3 is 1. The van der Waals surface area contributed by atoms with Crippen molar-refractivity contribution in [3.63, 3.8) is 0 Å². The minimum Gasteiger partial charge on any atom is -0.469 e. The molecular weight excluding hydrogens is 242 g/mol. The first-order valence-corrected chi connectivity index (χ1v) is 7.50. The molecule has 19 heavy (non-hydrogen) atoms. The zero-order chi connectivity index (χ0) is 14.1. The lowest BCUT2D eigenvalue weighted by molar-refractivity contribution is -0.140. The normalized spacial score (nSPS) is 24.4. The number of hydrogen-bond acceptors (Lipinski definition) is 4. The van der Waals surface area contributed by atoms with E-state index in [4.69, 9.17) is 0 Å². The van der Waals surface area contributed by atoms with Gasteiger partial charge in [-0.1, -0.05) is 19.8 Å². The molecule has 1 atom stereocenters. The van der Waals surface area contributed by atoms with Gasteiger partial charge in [0.2, 0.25) is 0 Å². The van der Waals surface area contributed by atoms with Gasteiger partial charge < -0.3 is 14.7 Å². The number of carbonyl (C=O) groups is 1. The van der Waals surface area contributed by atoms with Gasteiger partial charge in [-0.3, -0.25) is 4.79 Å². The van der Waals surface area contributed by atoms with E-state index in [0.29, 0.717) is 13.0 Å². The molecule has 0 radical (unpaired) electrons. The lowest BCUT2D eigenvalue weighted by atomic mass is 9.83. The summed E-state index contributed by atoms with van der Waals surface area (Å²) in [5.41, 5.74) is 0.100. The number of nitrogens with zero attached hydrogens (tertiary/aromatic N) is 1. The predicted molar refractivity (Wildman–Crippen MR) is 76.0 cm³/mol. The summed E-state index contributed by atoms with van der Waals surface area (Å²) in [6.45, 7) is 5.77. The number of aliphatic hydroxyl groups is 1. The van der Waals surface area contributed by atoms with Crippen LogP contribution >= 0.6 is 0 Å². The van der Waals surface area contributed by atoms with Crippen LogP contribution in [0.2, 0.25) is 0 Å². The molecule has 1 aliphatic rings. The van der Waals surface area contributed by atoms with E-state index in [9.17, 15) is 9.90 Å². The van der Waals surface area contributed by atoms with Crippen LogP contribution < -0.4 is 0 Å². The summed E-state index contributed by atoms with van der Waals surface area (Å²) >= 11 is 0. The van der Waals surface area contributed by atoms with Crippen molar-refractivity contribution in [3.05, 3.63) is 0 Å². The number of piperidine rings is 1. The predicted octanol–water partition coefficient (Wildman–Crippen LogP) is 2.20. The number of likely N-dealkylation sites (tertiary alicyclic amines) is 1. The summed E-state index contributed by atoms with van der Waals surface area (Å²) in [7, 11) is 1.44. The van der Waals surface area contributed by atoms with Crippen molar-refractivity contribution < 1.29 is 14.6 Å². The first kappa shape index (κ1) is 16.4. The molecule has 1 fully saturated rings. The number of ether oxygens (including phenoxy) is 1. The first-order chi connectivity index (χ1) is 9.09. The Balaban J connectivity index is 2.05. The maximum Gasteiger partial charge on any atom is 0.305 e. The molecule has 0 aliphatic carbocycles. The van der Waals surface area contributed by atoms with Crippen molar-refractivity contribution in [2.75, 3.05) is 33.4 Å². The third kappa shape index (κ3) is 6.39. The molecule has 0 unspecified atom stereocenters. The van der Waals surface area contributed by atoms with Gasteiger partial charge in [0.1, 0.15) is 0 Å². The molecule has 0 amide bonds. The Morgan fingerprint density at radius 2 is 2.05 bits per heavy atom. The average Bonchev–Trinajstić information content (AvgIpc) is 2.42. The molecule has 1 N–H and O–H groups in total. The molecule has 1 rings (SSSR count). The van der Waals surface area contributed by atoms with Crippen molar-refractivity contribution in [2.24, 2.45) is 5.41 Å². The summed E-state index contributed by atoms with van der Waals surface area (Å²) in [6, 6.07) is 0. The van der Waals surface area contributed by atoms with Gasteiger partial charge in [0.05, 0.1) is 7.11 Å². The molecular formula is C15H29NO3. The van der Waals surface area contributed by atoms with Crippen LogP contribution in [0.1, 0.15) is 51.9 Å². The van der Waals surface area contributed by atoms with Gasteiger partial charge in [0.15, 0.2) is 0 Å². The Hall–Kier alpha value is -0.610. The topological polar surface area (TPSA) is 49.8 Å². The molecule has 0 aromatic heterocycles. The summed E-state index contributed by atoms with van der Waals surface area (Å²) in [5, 5.41) is 9.41. The van der Waals surface area contributed by atoms with E-state index < -0.39 is 0 Å². The molecule has 0 spiro atoms. The molecule has 4 nitrogen and oxygen atoms in total. The third-order valence-electron chi connectivity index (χ3n) is 4.07. The fourth-order valence-corrected chi connectivity index (χ4v) is 2.81. The number of unbranched alkanes of at least 4 members (excludes halogenated alkanes) is 3. The number of hydrogen-bond donors (Lipinski definition) is 1. The SMILES string of the molecule is COC(=O)CCCCCCN1CCC[C@@](C)(CO)C1. The lowest BCUT2D eigenvalue weighted by Crippen LogP contribution is -2.43. The number of carbonyl (C=O) groups excluding carboxylic acids is 1. The molecule has 1 aliphatic heterocycles. The van der Waals surface area contributed by atoms with Gasteiger partial charge in [-0.15, -0.1) is 0 Å². The largest absolute Gasteiger partial charge is 0.469 e. The molecule has 0 bridgehead atoms. The maximum atomic E-state index is 10.9. The summed E-state index contributed by atoms with van der Waals surface area (Å²) in [4.78, 5) is 13.4. The Morgan fingerprint density at radius 1 is 1.32 bits per heavy atom. The standard InChI is InChI=1S/C15H29NO3/c1-15(13-17)9-7-11-16(12-15)10-6-4-3-5-8-14(18)19-2/h17H,3-13H2,1-2H3/t15-/m1/s1. The van der Waals surface area contributed by atoms with E-state index in [1.54, 1.807) is 0 Å². The van der Waals surface area contributed by atoms with Crippen LogP contribution in [0.3, 0.4) is 0 Å². The fourth-order valence-electron chi connectivity index (χ4n) is 2.81. The van der Waals surface area contributed by atoms with E-state index >= 15 is 0 Å². The first-order valence-electron chi connectivity index (χ1n) is 7.50. The van der Waals surface area contributed by atoms with Crippen LogP contribution in [-0.4, -0.2) is 49.3 Å². The quantitative estimate of drug-likeness (QED) is 0.543. The minimum atomic E-state index is -0.102. The molecule has 4 heteroatoms. The highest BCUT2D eigenvalue weighted by atomic mass is 16.5. The summed E-state index contributed by atoms with van der Waals surface area (Å²) < 4.78 is 4.62. The van der Waals surface area contributed by atoms with E-state index in [0.717, 1.165) is 38.9 Å². The Morgan fingerprint density at radius 3 is 2.74 bits per heavy atom. The zero-order valence-electron chi connectivity index (χ0n) is 12.5. The van der Waals surface area contributed by atoms with Gasteiger partial charge in [-0.2, -0.15) is 0 Å². The van der Waals surface area contributed by atoms with Crippen molar-refractivity contribution in [3.8, 4) is 0 Å². The van der Waals surface area contributed by atoms with Gasteiger partial charge in [-0.25, -0.2) is 0 Å². The molecule has 1 saturated heterocycles. The molecule has 1 heterocycles. The van der Waals surface area contributed by atoms with Crippen molar-refractivity contribution in [1.29, 1.82) is 0 Å². The van der Waals surface area contributed by atoms with E-state index in [2.05, 4.69) is 16.6 Å². The highest BCUT2D eigenvalue weighted by Gasteiger charge is 2.29. The Kier molecular flexibility index (Phi) is 7.39. The number of aliphatic hydroxyl groups excluding tert-OH is 1. The second kappa shape index (κ2) is 8.54. The number of esters is 1. The van der Waals surface area contributed by atoms with Crippen LogP contribution in [0.15, 0.2) is 0 Å². The highest BCUT2D eigenvalue weighted by molar-refractivity contribution is 5.68. The van der Waals surface area contributed by atoms with Crippen LogP contribution in [0, 0.1) is 5.41 Å². The summed E-state index contributed by atoms with van der Waals surface area (Å²) in [5.74, 6) is -0.102. The van der Waals surface area contributed by atoms with Crippen LogP contribution in [0.4, 0.5) is 0 Å². The van der Waals surface area contributed by atoms with Crippen molar-refractivity contribution in [2.45, 2.75) is 51.9 Å². The Labute approximate surface area is 117 Å². The second-order valence-corrected chi connectivity index (χ2v) is 6.09. The zero-order valence-corrected chi connectivity index (χ0v) is 12.5. The van der Waals surface area contributed by atoms with Gasteiger partial charge >= 0.3 is 5.97 Å². The monoisotopic (exact) mass is 271 g/mol. The van der Waals surface area contributed by atoms with Crippen LogP contribution in [-0.2, 0) is 9.53 Å². The van der Waals surface area contributed by atoms with E-state index in [1.807, 2.05) is 0 Å². The molecule has 0 aromatic carbocycles. The van der Waals surface area contributed by atoms with Crippen molar-refractivity contribution >= 4 is 5.97 Å². The molecule has 0 saturated carbocycles. The fraction of sp³-hybridized carbons (Fsp3) is 0.933. The van der Waals surface area contributed by atoms with Crippen molar-refractivity contribution in [1.82, 2.24) is 4.90 Å². The van der Waals surface area contributed by atoms with Gasteiger partial charge in [-0.05, 0) is 38.8 Å². The summed E-state index contributed by atoms with van der Waals surface area (Å²) in [6.07, 6.45) is 7.26. The molecule has 0 aromatic rings. The third-order valence-corrected chi connectivity index (χ3v) is 4.07. The van der Waals surface area contributed by atoms with Gasteiger partial charge in [0, 0.05) is 25.0 Å². The van der Waals surface area contributed by atoms with E-state index in [1.165, 1.54) is 26.4 Å². The highest BCUT2D eigenvalue weighted by Crippen LogP contribution is 2.28. The minimum absolute atomic E-state index is 0.100. The smallest absolute Gasteiger partial charge is 0.305 e. The maximum absolute atomic E-state index is 10.9. The number of rotatable bonds is 8. The van der Waals surface area contributed by atoms with Crippen LogP contribution in [0.5, 0.6) is 0 Å².